The maximum absolute atomic E-state index is 13.0. The van der Waals surface area contributed by atoms with Gasteiger partial charge in [0.1, 0.15) is 24.7 Å². The van der Waals surface area contributed by atoms with Crippen molar-refractivity contribution in [2.24, 2.45) is 11.5 Å². The van der Waals surface area contributed by atoms with Crippen LogP contribution in [0.15, 0.2) is 12.5 Å². The molecule has 0 saturated heterocycles. The standard InChI is InChI=1S/C25H40N10O10S/c1-12(36)21(25(45)34-16(6-17(27)37)24(44)31-10-20(40)41)35-19(39)9-30-23(43)15(5-13-7-28-11-32-13)33-18(38)8-29-22(42)14(26)3-4-46-2/h7,11-12,14-16,21,36H,3-6,8-10,26H2,1-2H3,(H2,27,37)(H,28,32)(H,29,42)(H,30,43)(H,31,44)(H,33,38)(H,34,45)(H,35,39)(H,40,41)/t12-,14+,15+,16+,21+/m1/s1. The molecule has 1 aromatic heterocycles. The van der Waals surface area contributed by atoms with Crippen LogP contribution in [0, 0.1) is 0 Å². The predicted molar refractivity (Wildman–Crippen MR) is 161 cm³/mol. The van der Waals surface area contributed by atoms with E-state index in [0.29, 0.717) is 17.9 Å². The number of nitrogens with two attached hydrogens (primary N) is 2. The van der Waals surface area contributed by atoms with Crippen LogP contribution in [0.25, 0.3) is 0 Å². The highest BCUT2D eigenvalue weighted by molar-refractivity contribution is 7.98. The summed E-state index contributed by atoms with van der Waals surface area (Å²) in [5.41, 5.74) is 11.3. The molecule has 0 spiro atoms. The number of aliphatic hydroxyl groups is 1. The second kappa shape index (κ2) is 20.3. The summed E-state index contributed by atoms with van der Waals surface area (Å²) < 4.78 is 0. The Hall–Kier alpha value is -4.76. The molecule has 0 aromatic carbocycles. The van der Waals surface area contributed by atoms with Crippen LogP contribution >= 0.6 is 11.8 Å². The van der Waals surface area contributed by atoms with E-state index < -0.39 is 104 Å². The second-order valence-electron chi connectivity index (χ2n) is 9.85. The molecule has 1 rings (SSSR count). The number of carboxylic acids is 1. The number of aliphatic carboxylic acids is 1. The molecule has 0 radical (unpaired) electrons. The molecule has 0 bridgehead atoms. The van der Waals surface area contributed by atoms with Crippen LogP contribution in [0.2, 0.25) is 0 Å². The van der Waals surface area contributed by atoms with Crippen LogP contribution in [0.5, 0.6) is 0 Å². The number of hydrogen-bond acceptors (Lipinski definition) is 12. The van der Waals surface area contributed by atoms with Crippen molar-refractivity contribution in [2.75, 3.05) is 31.6 Å². The minimum Gasteiger partial charge on any atom is -0.480 e. The third-order valence-electron chi connectivity index (χ3n) is 5.98. The van der Waals surface area contributed by atoms with E-state index >= 15 is 0 Å². The fraction of sp³-hybridized carbons (Fsp3) is 0.560. The number of carbonyl (C=O) groups excluding carboxylic acids is 7. The van der Waals surface area contributed by atoms with E-state index in [0.717, 1.165) is 6.92 Å². The van der Waals surface area contributed by atoms with E-state index in [2.05, 4.69) is 36.6 Å². The van der Waals surface area contributed by atoms with Gasteiger partial charge in [-0.2, -0.15) is 11.8 Å². The van der Waals surface area contributed by atoms with E-state index in [9.17, 15) is 43.5 Å². The lowest BCUT2D eigenvalue weighted by Crippen LogP contribution is -2.59. The number of amides is 7. The van der Waals surface area contributed by atoms with Crippen molar-refractivity contribution in [1.82, 2.24) is 41.9 Å². The van der Waals surface area contributed by atoms with Gasteiger partial charge in [0, 0.05) is 18.3 Å². The normalized spacial score (nSPS) is 13.9. The summed E-state index contributed by atoms with van der Waals surface area (Å²) in [5, 5.41) is 32.2. The van der Waals surface area contributed by atoms with Crippen molar-refractivity contribution < 1.29 is 48.6 Å². The lowest BCUT2D eigenvalue weighted by molar-refractivity contribution is -0.139. The van der Waals surface area contributed by atoms with Crippen molar-refractivity contribution in [3.8, 4) is 0 Å². The summed E-state index contributed by atoms with van der Waals surface area (Å²) in [7, 11) is 0. The van der Waals surface area contributed by atoms with Crippen LogP contribution in [0.4, 0.5) is 0 Å². The first-order valence-corrected chi connectivity index (χ1v) is 15.2. The molecule has 0 fully saturated rings. The van der Waals surface area contributed by atoms with E-state index in [1.165, 1.54) is 24.3 Å². The van der Waals surface area contributed by atoms with Gasteiger partial charge < -0.3 is 58.6 Å². The van der Waals surface area contributed by atoms with Crippen molar-refractivity contribution in [2.45, 2.75) is 56.5 Å². The van der Waals surface area contributed by atoms with Gasteiger partial charge in [0.15, 0.2) is 0 Å². The fourth-order valence-electron chi connectivity index (χ4n) is 3.62. The number of H-pyrrole nitrogens is 1. The predicted octanol–water partition coefficient (Wildman–Crippen LogP) is -5.82. The molecule has 1 aromatic rings. The van der Waals surface area contributed by atoms with Crippen LogP contribution in [-0.2, 0) is 44.8 Å². The number of rotatable bonds is 21. The number of thioether (sulfide) groups is 1. The second-order valence-corrected chi connectivity index (χ2v) is 10.8. The molecule has 20 nitrogen and oxygen atoms in total. The zero-order valence-corrected chi connectivity index (χ0v) is 26.0. The van der Waals surface area contributed by atoms with Gasteiger partial charge in [0.25, 0.3) is 0 Å². The van der Waals surface area contributed by atoms with Crippen molar-refractivity contribution >= 4 is 59.1 Å². The summed E-state index contributed by atoms with van der Waals surface area (Å²) in [5.74, 6) is -6.99. The molecular weight excluding hydrogens is 632 g/mol. The quantitative estimate of drug-likeness (QED) is 0.0580. The number of aromatic amines is 1. The molecule has 1 heterocycles. The number of nitrogens with zero attached hydrogens (tertiary/aromatic N) is 1. The summed E-state index contributed by atoms with van der Waals surface area (Å²) in [6, 6.07) is -5.36. The zero-order chi connectivity index (χ0) is 34.8. The SMILES string of the molecule is CSCC[C@H](N)C(=O)NCC(=O)N[C@@H](Cc1cnc[nH]1)C(=O)NCC(=O)N[C@H](C(=O)N[C@@H](CC(N)=O)C(=O)NCC(=O)O)[C@@H](C)O. The summed E-state index contributed by atoms with van der Waals surface area (Å²) in [4.78, 5) is 104. The van der Waals surface area contributed by atoms with Gasteiger partial charge in [0.05, 0.1) is 38.0 Å². The Bertz CT molecular complexity index is 1230. The van der Waals surface area contributed by atoms with Crippen molar-refractivity contribution in [3.63, 3.8) is 0 Å². The minimum absolute atomic E-state index is 0.0791. The Morgan fingerprint density at radius 1 is 0.891 bits per heavy atom. The molecule has 5 atom stereocenters. The van der Waals surface area contributed by atoms with Crippen molar-refractivity contribution in [3.05, 3.63) is 18.2 Å². The van der Waals surface area contributed by atoms with Gasteiger partial charge in [-0.05, 0) is 25.4 Å². The lowest BCUT2D eigenvalue weighted by Gasteiger charge is -2.24. The number of carboxylic acid groups (broad SMARTS) is 1. The number of hydrogen-bond donors (Lipinski definition) is 11. The Labute approximate surface area is 267 Å². The van der Waals surface area contributed by atoms with Gasteiger partial charge in [-0.3, -0.25) is 38.4 Å². The highest BCUT2D eigenvalue weighted by Gasteiger charge is 2.31. The van der Waals surface area contributed by atoms with Crippen LogP contribution in [0.1, 0.15) is 25.5 Å². The lowest BCUT2D eigenvalue weighted by atomic mass is 10.1. The number of primary amides is 1. The smallest absolute Gasteiger partial charge is 0.322 e. The number of carbonyl (C=O) groups is 8. The average molecular weight is 673 g/mol. The number of nitrogens with one attached hydrogen (secondary N) is 7. The molecule has 0 aliphatic heterocycles. The minimum atomic E-state index is -1.68. The third-order valence-corrected chi connectivity index (χ3v) is 6.62. The van der Waals surface area contributed by atoms with Crippen LogP contribution in [-0.4, -0.2) is 129 Å². The van der Waals surface area contributed by atoms with Gasteiger partial charge in [0.2, 0.25) is 41.4 Å². The van der Waals surface area contributed by atoms with Crippen LogP contribution in [0.3, 0.4) is 0 Å². The molecule has 7 amide bonds. The maximum atomic E-state index is 13.0. The first kappa shape index (κ1) is 39.3. The van der Waals surface area contributed by atoms with Gasteiger partial charge in [-0.25, -0.2) is 4.98 Å². The number of imidazole rings is 1. The summed E-state index contributed by atoms with van der Waals surface area (Å²) >= 11 is 1.51. The molecule has 46 heavy (non-hydrogen) atoms. The van der Waals surface area contributed by atoms with E-state index in [-0.39, 0.29) is 6.42 Å². The maximum Gasteiger partial charge on any atom is 0.322 e. The molecule has 21 heteroatoms. The van der Waals surface area contributed by atoms with E-state index in [4.69, 9.17) is 16.6 Å². The first-order valence-electron chi connectivity index (χ1n) is 13.8. The molecule has 256 valence electrons. The Balaban J connectivity index is 2.84. The zero-order valence-electron chi connectivity index (χ0n) is 25.2. The molecule has 0 aliphatic carbocycles. The first-order chi connectivity index (χ1) is 21.6. The fourth-order valence-corrected chi connectivity index (χ4v) is 4.11. The Morgan fingerprint density at radius 2 is 1.48 bits per heavy atom. The van der Waals surface area contributed by atoms with Crippen LogP contribution < -0.4 is 43.4 Å². The average Bonchev–Trinajstić information content (AvgIpc) is 3.50. The third kappa shape index (κ3) is 15.3. The van der Waals surface area contributed by atoms with Gasteiger partial charge >= 0.3 is 5.97 Å². The molecule has 0 unspecified atom stereocenters. The van der Waals surface area contributed by atoms with Crippen molar-refractivity contribution in [1.29, 1.82) is 0 Å². The number of aliphatic hydroxyl groups excluding tert-OH is 1. The molecular formula is C25H40N10O10S. The summed E-state index contributed by atoms with van der Waals surface area (Å²) in [6.45, 7) is -0.880. The largest absolute Gasteiger partial charge is 0.480 e. The molecule has 13 N–H and O–H groups in total. The highest BCUT2D eigenvalue weighted by atomic mass is 32.2. The summed E-state index contributed by atoms with van der Waals surface area (Å²) in [6.07, 6.45) is 2.68. The monoisotopic (exact) mass is 672 g/mol. The van der Waals surface area contributed by atoms with E-state index in [1.54, 1.807) is 0 Å². The topological polar surface area (TPSA) is 330 Å². The Kier molecular flexibility index (Phi) is 17.3. The Morgan fingerprint density at radius 3 is 2.02 bits per heavy atom. The number of aromatic nitrogens is 2. The highest BCUT2D eigenvalue weighted by Crippen LogP contribution is 2.02. The molecule has 0 aliphatic rings. The van der Waals surface area contributed by atoms with E-state index in [1.807, 2.05) is 11.6 Å². The molecule has 0 saturated carbocycles. The van der Waals surface area contributed by atoms with Gasteiger partial charge in [-0.1, -0.05) is 0 Å². The van der Waals surface area contributed by atoms with Gasteiger partial charge in [-0.15, -0.1) is 0 Å².